The molecule has 5 nitrogen and oxygen atoms in total. The smallest absolute Gasteiger partial charge is 0.339 e. The van der Waals surface area contributed by atoms with E-state index in [4.69, 9.17) is 21.3 Å². The molecular weight excluding hydrogens is 532 g/mol. The maximum Gasteiger partial charge on any atom is 0.339 e. The maximum absolute atomic E-state index is 13.8. The van der Waals surface area contributed by atoms with Crippen molar-refractivity contribution in [1.29, 1.82) is 0 Å². The molecule has 4 aromatic rings. The van der Waals surface area contributed by atoms with Crippen LogP contribution in [0.4, 0.5) is 5.69 Å². The summed E-state index contributed by atoms with van der Waals surface area (Å²) >= 11 is 6.14. The first kappa shape index (κ1) is 28.6. The highest BCUT2D eigenvalue weighted by Gasteiger charge is 2.35. The Morgan fingerprint density at radius 2 is 1.68 bits per heavy atom. The zero-order valence-electron chi connectivity index (χ0n) is 24.2. The van der Waals surface area contributed by atoms with E-state index >= 15 is 0 Å². The molecule has 0 unspecified atom stereocenters. The number of carbonyl (C=O) groups is 2. The molecular formula is C35H35ClN2O3. The minimum Gasteiger partial charge on any atom is -0.452 e. The van der Waals surface area contributed by atoms with E-state index in [1.54, 1.807) is 0 Å². The lowest BCUT2D eigenvalue weighted by Gasteiger charge is -2.36. The van der Waals surface area contributed by atoms with Crippen molar-refractivity contribution in [3.05, 3.63) is 105 Å². The number of ether oxygens (including phenoxy) is 1. The minimum absolute atomic E-state index is 0.00454. The van der Waals surface area contributed by atoms with E-state index in [0.717, 1.165) is 45.3 Å². The Balaban J connectivity index is 1.53. The fourth-order valence-corrected chi connectivity index (χ4v) is 5.70. The summed E-state index contributed by atoms with van der Waals surface area (Å²) in [5, 5.41) is 4.26. The van der Waals surface area contributed by atoms with Crippen molar-refractivity contribution < 1.29 is 14.3 Å². The summed E-state index contributed by atoms with van der Waals surface area (Å²) in [6.45, 7) is 10.3. The molecule has 0 aliphatic heterocycles. The average Bonchev–Trinajstić information content (AvgIpc) is 2.90. The molecule has 1 aliphatic rings. The molecule has 0 saturated carbocycles. The summed E-state index contributed by atoms with van der Waals surface area (Å²) in [6.07, 6.45) is 3.66. The van der Waals surface area contributed by atoms with E-state index in [2.05, 4.69) is 32.2 Å². The van der Waals surface area contributed by atoms with Crippen LogP contribution in [0, 0.1) is 25.2 Å². The molecule has 3 aromatic carbocycles. The van der Waals surface area contributed by atoms with E-state index in [-0.39, 0.29) is 23.8 Å². The number of anilines is 1. The number of hydrogen-bond donors (Lipinski definition) is 1. The zero-order chi connectivity index (χ0) is 29.3. The van der Waals surface area contributed by atoms with Gasteiger partial charge in [-0.15, -0.1) is 0 Å². The van der Waals surface area contributed by atoms with Crippen LogP contribution in [0.5, 0.6) is 0 Å². The number of aryl methyl sites for hydroxylation is 2. The number of esters is 1. The molecule has 0 spiro atoms. The normalized spacial score (nSPS) is 16.0. The van der Waals surface area contributed by atoms with Gasteiger partial charge >= 0.3 is 5.97 Å². The van der Waals surface area contributed by atoms with Crippen molar-refractivity contribution in [3.63, 3.8) is 0 Å². The number of nitrogens with zero attached hydrogens (tertiary/aromatic N) is 1. The third-order valence-electron chi connectivity index (χ3n) is 7.69. The summed E-state index contributed by atoms with van der Waals surface area (Å²) in [5.41, 5.74) is 7.74. The highest BCUT2D eigenvalue weighted by atomic mass is 35.5. The molecule has 1 aromatic heterocycles. The summed E-state index contributed by atoms with van der Waals surface area (Å²) in [6, 6.07) is 21.2. The van der Waals surface area contributed by atoms with Crippen LogP contribution in [0.3, 0.4) is 0 Å². The number of para-hydroxylation sites is 1. The number of nitrogens with one attached hydrogen (secondary N) is 1. The van der Waals surface area contributed by atoms with Gasteiger partial charge < -0.3 is 10.1 Å². The van der Waals surface area contributed by atoms with Gasteiger partial charge in [-0.3, -0.25) is 4.79 Å². The molecule has 41 heavy (non-hydrogen) atoms. The lowest BCUT2D eigenvalue weighted by Crippen LogP contribution is -2.29. The molecule has 1 heterocycles. The molecule has 210 valence electrons. The first-order chi connectivity index (χ1) is 19.5. The second kappa shape index (κ2) is 11.5. The summed E-state index contributed by atoms with van der Waals surface area (Å²) in [4.78, 5) is 31.6. The van der Waals surface area contributed by atoms with Gasteiger partial charge in [0.05, 0.1) is 16.8 Å². The van der Waals surface area contributed by atoms with Gasteiger partial charge in [-0.25, -0.2) is 9.78 Å². The Morgan fingerprint density at radius 3 is 2.37 bits per heavy atom. The van der Waals surface area contributed by atoms with Gasteiger partial charge in [0.15, 0.2) is 6.61 Å². The highest BCUT2D eigenvalue weighted by Crippen LogP contribution is 2.45. The Hall–Kier alpha value is -3.96. The minimum atomic E-state index is -0.518. The van der Waals surface area contributed by atoms with Crippen molar-refractivity contribution in [1.82, 2.24) is 4.98 Å². The van der Waals surface area contributed by atoms with Crippen LogP contribution in [0.1, 0.15) is 65.5 Å². The predicted molar refractivity (Wildman–Crippen MR) is 167 cm³/mol. The number of benzene rings is 3. The van der Waals surface area contributed by atoms with Crippen LogP contribution in [0.15, 0.2) is 66.7 Å². The van der Waals surface area contributed by atoms with Crippen LogP contribution in [0.25, 0.3) is 22.6 Å². The van der Waals surface area contributed by atoms with Crippen molar-refractivity contribution >= 4 is 51.7 Å². The molecule has 0 bridgehead atoms. The van der Waals surface area contributed by atoms with Gasteiger partial charge in [0.1, 0.15) is 0 Å². The SMILES string of the molecule is Cc1cc(C)cc(NC(=O)COC(=O)c2c3c(nc4ccccc24)/C(=C\c2ccc(Cl)cc2)C[C@H](C(C)(C)C)C3)c1. The second-order valence-corrected chi connectivity index (χ2v) is 12.5. The fraction of sp³-hybridized carbons (Fsp3) is 0.286. The van der Waals surface area contributed by atoms with Crippen molar-refractivity contribution in [3.8, 4) is 0 Å². The molecule has 1 amide bonds. The van der Waals surface area contributed by atoms with Crippen molar-refractivity contribution in [2.24, 2.45) is 11.3 Å². The number of carbonyl (C=O) groups excluding carboxylic acids is 2. The van der Waals surface area contributed by atoms with Crippen LogP contribution >= 0.6 is 11.6 Å². The van der Waals surface area contributed by atoms with Gasteiger partial charge in [-0.2, -0.15) is 0 Å². The van der Waals surface area contributed by atoms with Crippen molar-refractivity contribution in [2.75, 3.05) is 11.9 Å². The standard InChI is InChI=1S/C35H35ClN2O3/c1-21-14-22(2)16-27(15-21)37-31(39)20-41-34(40)32-28-8-6-7-9-30(28)38-33-24(17-23-10-12-26(36)13-11-23)18-25(19-29(32)33)35(3,4)5/h6-17,25H,18-20H2,1-5H3,(H,37,39)/b24-17-/t25-/m0/s1. The third-order valence-corrected chi connectivity index (χ3v) is 7.95. The molecule has 0 fully saturated rings. The number of fused-ring (bicyclic) bond motifs is 2. The van der Waals surface area contributed by atoms with Crippen LogP contribution in [-0.4, -0.2) is 23.5 Å². The Kier molecular flexibility index (Phi) is 8.01. The highest BCUT2D eigenvalue weighted by molar-refractivity contribution is 6.30. The number of amides is 1. The maximum atomic E-state index is 13.8. The predicted octanol–water partition coefficient (Wildman–Crippen LogP) is 8.45. The molecule has 1 atom stereocenters. The molecule has 0 radical (unpaired) electrons. The van der Waals surface area contributed by atoms with Crippen LogP contribution in [-0.2, 0) is 16.0 Å². The summed E-state index contributed by atoms with van der Waals surface area (Å²) < 4.78 is 5.67. The number of halogens is 1. The monoisotopic (exact) mass is 566 g/mol. The lowest BCUT2D eigenvalue weighted by molar-refractivity contribution is -0.119. The number of allylic oxidation sites excluding steroid dienone is 1. The van der Waals surface area contributed by atoms with Crippen LogP contribution < -0.4 is 5.32 Å². The van der Waals surface area contributed by atoms with E-state index < -0.39 is 5.97 Å². The number of rotatable bonds is 5. The molecule has 1 aliphatic carbocycles. The lowest BCUT2D eigenvalue weighted by atomic mass is 9.69. The van der Waals surface area contributed by atoms with E-state index in [1.165, 1.54) is 0 Å². The van der Waals surface area contributed by atoms with Gasteiger partial charge in [0.25, 0.3) is 5.91 Å². The largest absolute Gasteiger partial charge is 0.452 e. The third kappa shape index (κ3) is 6.52. The fourth-order valence-electron chi connectivity index (χ4n) is 5.58. The average molecular weight is 567 g/mol. The number of hydrogen-bond acceptors (Lipinski definition) is 4. The molecule has 6 heteroatoms. The van der Waals surface area contributed by atoms with Gasteiger partial charge in [-0.1, -0.05) is 68.8 Å². The van der Waals surface area contributed by atoms with Crippen LogP contribution in [0.2, 0.25) is 5.02 Å². The van der Waals surface area contributed by atoms with E-state index in [0.29, 0.717) is 28.2 Å². The quantitative estimate of drug-likeness (QED) is 0.246. The Bertz CT molecular complexity index is 1650. The van der Waals surface area contributed by atoms with E-state index in [9.17, 15) is 9.59 Å². The summed E-state index contributed by atoms with van der Waals surface area (Å²) in [7, 11) is 0. The number of aromatic nitrogens is 1. The Labute approximate surface area is 246 Å². The topological polar surface area (TPSA) is 68.3 Å². The van der Waals surface area contributed by atoms with Gasteiger partial charge in [-0.05, 0) is 102 Å². The van der Waals surface area contributed by atoms with Gasteiger partial charge in [0.2, 0.25) is 0 Å². The van der Waals surface area contributed by atoms with E-state index in [1.807, 2.05) is 80.6 Å². The number of pyridine rings is 1. The van der Waals surface area contributed by atoms with Gasteiger partial charge in [0, 0.05) is 16.1 Å². The molecule has 5 rings (SSSR count). The summed E-state index contributed by atoms with van der Waals surface area (Å²) in [5.74, 6) is -0.627. The molecule has 0 saturated heterocycles. The Morgan fingerprint density at radius 1 is 1.00 bits per heavy atom. The second-order valence-electron chi connectivity index (χ2n) is 12.0. The first-order valence-corrected chi connectivity index (χ1v) is 14.3. The molecule has 1 N–H and O–H groups in total. The first-order valence-electron chi connectivity index (χ1n) is 13.9. The zero-order valence-corrected chi connectivity index (χ0v) is 24.9. The van der Waals surface area contributed by atoms with Crippen molar-refractivity contribution in [2.45, 2.75) is 47.5 Å².